The van der Waals surface area contributed by atoms with Crippen LogP contribution in [0.2, 0.25) is 4.34 Å². The number of nitrogens with one attached hydrogen (secondary N) is 3. The standard InChI is InChI=1S/C13H18ClN3O2S2/c1-9(2)15-6-10-5-12(8-16-10)21(18,19)17-7-11-3-4-13(14)20-11/h3-5,8-9,15-17H,6-7H2,1-2H3. The number of rotatable bonds is 7. The van der Waals surface area contributed by atoms with Crippen LogP contribution >= 0.6 is 22.9 Å². The predicted molar refractivity (Wildman–Crippen MR) is 86.1 cm³/mol. The minimum atomic E-state index is -3.51. The molecule has 5 nitrogen and oxygen atoms in total. The summed E-state index contributed by atoms with van der Waals surface area (Å²) in [5.41, 5.74) is 0.836. The lowest BCUT2D eigenvalue weighted by atomic mass is 10.3. The highest BCUT2D eigenvalue weighted by atomic mass is 35.5. The van der Waals surface area contributed by atoms with Crippen LogP contribution in [0.25, 0.3) is 0 Å². The van der Waals surface area contributed by atoms with Crippen molar-refractivity contribution in [1.82, 2.24) is 15.0 Å². The van der Waals surface area contributed by atoms with Crippen molar-refractivity contribution < 1.29 is 8.42 Å². The zero-order valence-corrected chi connectivity index (χ0v) is 14.2. The maximum absolute atomic E-state index is 12.2. The van der Waals surface area contributed by atoms with Gasteiger partial charge in [-0.05, 0) is 18.2 Å². The summed E-state index contributed by atoms with van der Waals surface area (Å²) in [5, 5.41) is 3.23. The second-order valence-electron chi connectivity index (χ2n) is 4.93. The lowest BCUT2D eigenvalue weighted by molar-refractivity contribution is 0.580. The SMILES string of the molecule is CC(C)NCc1cc(S(=O)(=O)NCc2ccc(Cl)s2)c[nH]1. The molecule has 0 saturated heterocycles. The van der Waals surface area contributed by atoms with E-state index in [2.05, 4.69) is 15.0 Å². The molecule has 0 radical (unpaired) electrons. The predicted octanol–water partition coefficient (Wildman–Crippen LogP) is 2.71. The quantitative estimate of drug-likeness (QED) is 0.721. The molecule has 0 aromatic carbocycles. The molecular weight excluding hydrogens is 330 g/mol. The Kier molecular flexibility index (Phi) is 5.45. The third-order valence-corrected chi connectivity index (χ3v) is 5.40. The summed E-state index contributed by atoms with van der Waals surface area (Å²) in [6, 6.07) is 5.54. The van der Waals surface area contributed by atoms with Crippen LogP contribution in [0, 0.1) is 0 Å². The van der Waals surface area contributed by atoms with Crippen LogP contribution < -0.4 is 10.0 Å². The Morgan fingerprint density at radius 2 is 2.10 bits per heavy atom. The maximum Gasteiger partial charge on any atom is 0.242 e. The number of halogens is 1. The van der Waals surface area contributed by atoms with Gasteiger partial charge < -0.3 is 10.3 Å². The monoisotopic (exact) mass is 347 g/mol. The fraction of sp³-hybridized carbons (Fsp3) is 0.385. The Balaban J connectivity index is 1.99. The second kappa shape index (κ2) is 6.93. The van der Waals surface area contributed by atoms with Crippen LogP contribution in [0.5, 0.6) is 0 Å². The van der Waals surface area contributed by atoms with E-state index in [4.69, 9.17) is 11.6 Å². The molecule has 0 unspecified atom stereocenters. The van der Waals surface area contributed by atoms with E-state index in [0.717, 1.165) is 10.6 Å². The summed E-state index contributed by atoms with van der Waals surface area (Å²) in [7, 11) is -3.51. The number of H-pyrrole nitrogens is 1. The average Bonchev–Trinajstić information content (AvgIpc) is 3.03. The smallest absolute Gasteiger partial charge is 0.242 e. The minimum Gasteiger partial charge on any atom is -0.363 e. The van der Waals surface area contributed by atoms with Gasteiger partial charge in [-0.1, -0.05) is 25.4 Å². The van der Waals surface area contributed by atoms with Gasteiger partial charge in [-0.3, -0.25) is 0 Å². The molecule has 0 aliphatic rings. The normalized spacial score (nSPS) is 12.2. The summed E-state index contributed by atoms with van der Waals surface area (Å²) in [5.74, 6) is 0. The summed E-state index contributed by atoms with van der Waals surface area (Å²) < 4.78 is 27.6. The van der Waals surface area contributed by atoms with Crippen LogP contribution in [-0.4, -0.2) is 19.4 Å². The van der Waals surface area contributed by atoms with Crippen molar-refractivity contribution in [2.24, 2.45) is 0 Å². The average molecular weight is 348 g/mol. The molecule has 2 aromatic heterocycles. The molecule has 2 heterocycles. The number of hydrogen-bond donors (Lipinski definition) is 3. The van der Waals surface area contributed by atoms with Gasteiger partial charge in [0, 0.05) is 35.9 Å². The summed E-state index contributed by atoms with van der Waals surface area (Å²) in [6.45, 7) is 4.92. The van der Waals surface area contributed by atoms with Gasteiger partial charge in [0.2, 0.25) is 10.0 Å². The maximum atomic E-state index is 12.2. The third kappa shape index (κ3) is 4.82. The third-order valence-electron chi connectivity index (χ3n) is 2.79. The van der Waals surface area contributed by atoms with Crippen LogP contribution in [0.3, 0.4) is 0 Å². The molecule has 0 aliphatic carbocycles. The first-order chi connectivity index (χ1) is 9.87. The van der Waals surface area contributed by atoms with E-state index in [0.29, 0.717) is 16.9 Å². The Bertz CT molecular complexity index is 692. The van der Waals surface area contributed by atoms with E-state index in [1.165, 1.54) is 17.5 Å². The number of aromatic nitrogens is 1. The molecule has 3 N–H and O–H groups in total. The molecular formula is C13H18ClN3O2S2. The van der Waals surface area contributed by atoms with E-state index < -0.39 is 10.0 Å². The molecule has 0 bridgehead atoms. The van der Waals surface area contributed by atoms with E-state index in [9.17, 15) is 8.42 Å². The van der Waals surface area contributed by atoms with Crippen LogP contribution in [-0.2, 0) is 23.1 Å². The second-order valence-corrected chi connectivity index (χ2v) is 8.49. The highest BCUT2D eigenvalue weighted by Gasteiger charge is 2.16. The summed E-state index contributed by atoms with van der Waals surface area (Å²) in [4.78, 5) is 4.09. The van der Waals surface area contributed by atoms with Gasteiger partial charge in [0.15, 0.2) is 0 Å². The van der Waals surface area contributed by atoms with Crippen molar-refractivity contribution in [3.05, 3.63) is 39.3 Å². The Morgan fingerprint density at radius 3 is 2.71 bits per heavy atom. The molecule has 21 heavy (non-hydrogen) atoms. The molecule has 0 aliphatic heterocycles. The largest absolute Gasteiger partial charge is 0.363 e. The molecule has 0 atom stereocenters. The topological polar surface area (TPSA) is 74.0 Å². The van der Waals surface area contributed by atoms with Gasteiger partial charge in [-0.25, -0.2) is 13.1 Å². The molecule has 0 saturated carbocycles. The van der Waals surface area contributed by atoms with E-state index >= 15 is 0 Å². The van der Waals surface area contributed by atoms with Crippen molar-refractivity contribution in [3.8, 4) is 0 Å². The fourth-order valence-corrected chi connectivity index (χ4v) is 3.83. The van der Waals surface area contributed by atoms with E-state index in [1.807, 2.05) is 19.9 Å². The van der Waals surface area contributed by atoms with Crippen molar-refractivity contribution in [1.29, 1.82) is 0 Å². The summed E-state index contributed by atoms with van der Waals surface area (Å²) >= 11 is 7.18. The molecule has 2 rings (SSSR count). The Hall–Kier alpha value is -0.860. The van der Waals surface area contributed by atoms with E-state index in [-0.39, 0.29) is 11.4 Å². The first-order valence-electron chi connectivity index (χ1n) is 6.51. The molecule has 0 fully saturated rings. The molecule has 8 heteroatoms. The van der Waals surface area contributed by atoms with Gasteiger partial charge in [-0.15, -0.1) is 11.3 Å². The van der Waals surface area contributed by atoms with Crippen LogP contribution in [0.1, 0.15) is 24.4 Å². The first kappa shape index (κ1) is 16.5. The molecule has 0 spiro atoms. The highest BCUT2D eigenvalue weighted by molar-refractivity contribution is 7.89. The zero-order chi connectivity index (χ0) is 15.5. The van der Waals surface area contributed by atoms with Crippen molar-refractivity contribution >= 4 is 33.0 Å². The van der Waals surface area contributed by atoms with Crippen molar-refractivity contribution in [3.63, 3.8) is 0 Å². The Morgan fingerprint density at radius 1 is 1.33 bits per heavy atom. The fourth-order valence-electron chi connectivity index (χ4n) is 1.69. The molecule has 0 amide bonds. The zero-order valence-electron chi connectivity index (χ0n) is 11.8. The van der Waals surface area contributed by atoms with Crippen molar-refractivity contribution in [2.75, 3.05) is 0 Å². The highest BCUT2D eigenvalue weighted by Crippen LogP contribution is 2.21. The molecule has 116 valence electrons. The first-order valence-corrected chi connectivity index (χ1v) is 9.19. The number of aromatic amines is 1. The van der Waals surface area contributed by atoms with Gasteiger partial charge in [0.25, 0.3) is 0 Å². The van der Waals surface area contributed by atoms with Gasteiger partial charge in [0.05, 0.1) is 9.23 Å². The number of hydrogen-bond acceptors (Lipinski definition) is 4. The van der Waals surface area contributed by atoms with Gasteiger partial charge >= 0.3 is 0 Å². The number of sulfonamides is 1. The van der Waals surface area contributed by atoms with Crippen molar-refractivity contribution in [2.45, 2.75) is 37.9 Å². The van der Waals surface area contributed by atoms with Gasteiger partial charge in [-0.2, -0.15) is 0 Å². The summed E-state index contributed by atoms with van der Waals surface area (Å²) in [6.07, 6.45) is 1.50. The van der Waals surface area contributed by atoms with Crippen LogP contribution in [0.15, 0.2) is 29.3 Å². The minimum absolute atomic E-state index is 0.241. The van der Waals surface area contributed by atoms with Gasteiger partial charge in [0.1, 0.15) is 0 Å². The Labute approximate surface area is 133 Å². The lowest BCUT2D eigenvalue weighted by Crippen LogP contribution is -2.23. The van der Waals surface area contributed by atoms with Crippen LogP contribution in [0.4, 0.5) is 0 Å². The number of thiophene rings is 1. The van der Waals surface area contributed by atoms with E-state index in [1.54, 1.807) is 12.1 Å². The lowest BCUT2D eigenvalue weighted by Gasteiger charge is -2.05. The molecule has 2 aromatic rings.